The Hall–Kier alpha value is -4.34. The number of rotatable bonds is 8. The Labute approximate surface area is 235 Å². The fourth-order valence-corrected chi connectivity index (χ4v) is 5.94. The van der Waals surface area contributed by atoms with Crippen LogP contribution in [0.15, 0.2) is 72.8 Å². The van der Waals surface area contributed by atoms with Crippen LogP contribution in [0.2, 0.25) is 0 Å². The van der Waals surface area contributed by atoms with Gasteiger partial charge in [-0.25, -0.2) is 9.78 Å². The van der Waals surface area contributed by atoms with Gasteiger partial charge in [0.15, 0.2) is 11.7 Å². The molecule has 2 aromatic heterocycles. The number of ether oxygens (including phenoxy) is 2. The number of nitrogens with zero attached hydrogens (tertiary/aromatic N) is 3. The highest BCUT2D eigenvalue weighted by atomic mass is 32.1. The largest absolute Gasteiger partial charge is 0.494 e. The first kappa shape index (κ1) is 25.9. The number of carbonyl (C=O) groups is 2. The summed E-state index contributed by atoms with van der Waals surface area (Å²) in [4.78, 5) is 37.9. The maximum absolute atomic E-state index is 13.5. The second-order valence-electron chi connectivity index (χ2n) is 9.58. The molecule has 0 radical (unpaired) electrons. The van der Waals surface area contributed by atoms with Crippen molar-refractivity contribution in [3.8, 4) is 5.75 Å². The highest BCUT2D eigenvalue weighted by molar-refractivity contribution is 7.22. The number of esters is 1. The predicted molar refractivity (Wildman–Crippen MR) is 156 cm³/mol. The van der Waals surface area contributed by atoms with E-state index in [0.29, 0.717) is 23.8 Å². The van der Waals surface area contributed by atoms with E-state index in [0.717, 1.165) is 57.6 Å². The summed E-state index contributed by atoms with van der Waals surface area (Å²) in [6, 6.07) is 23.4. The van der Waals surface area contributed by atoms with Crippen LogP contribution >= 0.6 is 11.3 Å². The summed E-state index contributed by atoms with van der Waals surface area (Å²) >= 11 is 1.34. The van der Waals surface area contributed by atoms with E-state index in [1.807, 2.05) is 67.6 Å². The van der Waals surface area contributed by atoms with Crippen LogP contribution in [0.4, 0.5) is 5.13 Å². The van der Waals surface area contributed by atoms with E-state index in [2.05, 4.69) is 27.3 Å². The van der Waals surface area contributed by atoms with E-state index in [9.17, 15) is 9.59 Å². The lowest BCUT2D eigenvalue weighted by atomic mass is 9.95. The summed E-state index contributed by atoms with van der Waals surface area (Å²) < 4.78 is 12.0. The fraction of sp³-hybridized carbons (Fsp3) is 0.226. The molecule has 3 aromatic carbocycles. The van der Waals surface area contributed by atoms with Gasteiger partial charge in [0.05, 0.1) is 27.9 Å². The quantitative estimate of drug-likeness (QED) is 0.251. The third-order valence-electron chi connectivity index (χ3n) is 6.83. The molecule has 0 aliphatic carbocycles. The van der Waals surface area contributed by atoms with Crippen LogP contribution in [-0.2, 0) is 29.0 Å². The molecule has 1 aliphatic heterocycles. The van der Waals surface area contributed by atoms with Crippen molar-refractivity contribution in [2.45, 2.75) is 26.4 Å². The lowest BCUT2D eigenvalue weighted by molar-refractivity contribution is -0.119. The summed E-state index contributed by atoms with van der Waals surface area (Å²) in [6.07, 6.45) is 0.733. The molecular weight excluding hydrogens is 524 g/mol. The maximum Gasteiger partial charge on any atom is 0.339 e. The van der Waals surface area contributed by atoms with Crippen molar-refractivity contribution in [3.63, 3.8) is 0 Å². The third kappa shape index (κ3) is 5.52. The number of carbonyl (C=O) groups excluding carboxylic acids is 2. The van der Waals surface area contributed by atoms with Crippen molar-refractivity contribution in [1.29, 1.82) is 0 Å². The van der Waals surface area contributed by atoms with Crippen LogP contribution < -0.4 is 10.1 Å². The summed E-state index contributed by atoms with van der Waals surface area (Å²) in [7, 11) is 0. The highest BCUT2D eigenvalue weighted by Gasteiger charge is 2.27. The van der Waals surface area contributed by atoms with Crippen molar-refractivity contribution in [2.24, 2.45) is 0 Å². The first-order chi connectivity index (χ1) is 19.6. The zero-order valence-corrected chi connectivity index (χ0v) is 22.9. The van der Waals surface area contributed by atoms with E-state index in [1.165, 1.54) is 16.9 Å². The summed E-state index contributed by atoms with van der Waals surface area (Å²) in [6.45, 7) is 4.28. The van der Waals surface area contributed by atoms with Crippen LogP contribution in [0.1, 0.15) is 34.1 Å². The van der Waals surface area contributed by atoms with E-state index in [4.69, 9.17) is 14.5 Å². The van der Waals surface area contributed by atoms with Gasteiger partial charge in [-0.05, 0) is 36.8 Å². The number of nitrogens with one attached hydrogen (secondary N) is 1. The van der Waals surface area contributed by atoms with Crippen LogP contribution in [0.3, 0.4) is 0 Å². The molecule has 202 valence electrons. The third-order valence-corrected chi connectivity index (χ3v) is 7.76. The van der Waals surface area contributed by atoms with E-state index in [1.54, 1.807) is 0 Å². The Morgan fingerprint density at radius 3 is 2.67 bits per heavy atom. The van der Waals surface area contributed by atoms with Crippen molar-refractivity contribution in [3.05, 3.63) is 95.2 Å². The van der Waals surface area contributed by atoms with Crippen LogP contribution in [0.5, 0.6) is 5.75 Å². The number of thiazole rings is 1. The van der Waals surface area contributed by atoms with Crippen molar-refractivity contribution >= 4 is 49.5 Å². The van der Waals surface area contributed by atoms with E-state index < -0.39 is 18.5 Å². The molecule has 0 saturated carbocycles. The van der Waals surface area contributed by atoms with Crippen LogP contribution in [0, 0.1) is 0 Å². The first-order valence-electron chi connectivity index (χ1n) is 13.2. The summed E-state index contributed by atoms with van der Waals surface area (Å²) in [5.74, 6) is -0.228. The van der Waals surface area contributed by atoms with Crippen LogP contribution in [-0.4, -0.2) is 46.5 Å². The number of anilines is 1. The number of benzene rings is 3. The first-order valence-corrected chi connectivity index (χ1v) is 14.1. The number of pyridine rings is 1. The fourth-order valence-electron chi connectivity index (χ4n) is 5.03. The minimum Gasteiger partial charge on any atom is -0.494 e. The topological polar surface area (TPSA) is 93.7 Å². The second-order valence-corrected chi connectivity index (χ2v) is 10.6. The molecule has 0 saturated heterocycles. The van der Waals surface area contributed by atoms with Gasteiger partial charge in [0.1, 0.15) is 5.75 Å². The van der Waals surface area contributed by atoms with Gasteiger partial charge in [0.2, 0.25) is 0 Å². The number of para-hydroxylation sites is 1. The number of fused-ring (bicyclic) bond motifs is 3. The van der Waals surface area contributed by atoms with E-state index in [-0.39, 0.29) is 0 Å². The smallest absolute Gasteiger partial charge is 0.339 e. The summed E-state index contributed by atoms with van der Waals surface area (Å²) in [5, 5.41) is 3.92. The lowest BCUT2D eigenvalue weighted by Gasteiger charge is -2.30. The van der Waals surface area contributed by atoms with Crippen molar-refractivity contribution in [2.75, 3.05) is 25.1 Å². The van der Waals surface area contributed by atoms with Gasteiger partial charge in [0, 0.05) is 42.7 Å². The molecule has 0 spiro atoms. The molecule has 5 aromatic rings. The van der Waals surface area contributed by atoms with Crippen LogP contribution in [0.25, 0.3) is 21.1 Å². The minimum atomic E-state index is -0.530. The van der Waals surface area contributed by atoms with Gasteiger partial charge in [-0.15, -0.1) is 0 Å². The molecule has 8 nitrogen and oxygen atoms in total. The number of hydrogen-bond acceptors (Lipinski definition) is 8. The van der Waals surface area contributed by atoms with Gasteiger partial charge in [-0.1, -0.05) is 59.9 Å². The molecule has 0 bridgehead atoms. The summed E-state index contributed by atoms with van der Waals surface area (Å²) in [5.41, 5.74) is 4.97. The molecule has 6 rings (SSSR count). The van der Waals surface area contributed by atoms with Gasteiger partial charge in [-0.3, -0.25) is 20.0 Å². The Bertz CT molecular complexity index is 1700. The van der Waals surface area contributed by atoms with Crippen molar-refractivity contribution < 1.29 is 19.1 Å². The maximum atomic E-state index is 13.5. The molecule has 1 amide bonds. The van der Waals surface area contributed by atoms with Gasteiger partial charge >= 0.3 is 5.97 Å². The second kappa shape index (κ2) is 11.4. The molecule has 1 N–H and O–H groups in total. The average Bonchev–Trinajstić information content (AvgIpc) is 3.37. The molecular formula is C31H28N4O4S. The molecule has 40 heavy (non-hydrogen) atoms. The number of aromatic nitrogens is 2. The minimum absolute atomic E-state index is 0.419. The zero-order chi connectivity index (χ0) is 27.5. The van der Waals surface area contributed by atoms with Gasteiger partial charge in [-0.2, -0.15) is 0 Å². The Balaban J connectivity index is 1.19. The van der Waals surface area contributed by atoms with E-state index >= 15 is 0 Å². The lowest BCUT2D eigenvalue weighted by Crippen LogP contribution is -2.32. The normalized spacial score (nSPS) is 13.2. The molecule has 1 aliphatic rings. The van der Waals surface area contributed by atoms with Gasteiger partial charge in [0.25, 0.3) is 5.91 Å². The Morgan fingerprint density at radius 1 is 1.00 bits per heavy atom. The van der Waals surface area contributed by atoms with Gasteiger partial charge < -0.3 is 9.47 Å². The SMILES string of the molecule is CCOc1ccc2nc(NC(=O)COC(=O)c3c4c(nc5ccccc35)CCN(Cc3ccccc3)C4)sc2c1. The number of amides is 1. The molecule has 3 heterocycles. The Morgan fingerprint density at radius 2 is 1.82 bits per heavy atom. The highest BCUT2D eigenvalue weighted by Crippen LogP contribution is 2.31. The monoisotopic (exact) mass is 552 g/mol. The molecule has 0 unspecified atom stereocenters. The standard InChI is InChI=1S/C31H28N4O4S/c1-2-38-21-12-13-26-27(16-21)40-31(33-26)34-28(36)19-39-30(37)29-22-10-6-7-11-24(22)32-25-14-15-35(18-23(25)29)17-20-8-4-3-5-9-20/h3-13,16H,2,14-15,17-19H2,1H3,(H,33,34,36). The number of hydrogen-bond donors (Lipinski definition) is 1. The molecule has 0 fully saturated rings. The zero-order valence-electron chi connectivity index (χ0n) is 22.1. The molecule has 0 atom stereocenters. The average molecular weight is 553 g/mol. The molecule has 9 heteroatoms. The van der Waals surface area contributed by atoms with Crippen molar-refractivity contribution in [1.82, 2.24) is 14.9 Å². The predicted octanol–water partition coefficient (Wildman–Crippen LogP) is 5.60. The Kier molecular flexibility index (Phi) is 7.39.